The molecule has 0 radical (unpaired) electrons. The number of hydrogen-bond acceptors (Lipinski definition) is 5. The average Bonchev–Trinajstić information content (AvgIpc) is 3.13. The average molecular weight is 343 g/mol. The number of anilines is 1. The van der Waals surface area contributed by atoms with Crippen molar-refractivity contribution < 1.29 is 18.7 Å². The fourth-order valence-electron chi connectivity index (χ4n) is 2.80. The Balaban J connectivity index is 1.76. The van der Waals surface area contributed by atoms with E-state index in [2.05, 4.69) is 0 Å². The number of carbonyl (C=O) groups is 2. The Bertz CT molecular complexity index is 745. The Morgan fingerprint density at radius 3 is 2.76 bits per heavy atom. The van der Waals surface area contributed by atoms with Crippen LogP contribution in [0.4, 0.5) is 5.69 Å². The van der Waals surface area contributed by atoms with E-state index in [1.165, 1.54) is 0 Å². The number of para-hydroxylation sites is 2. The summed E-state index contributed by atoms with van der Waals surface area (Å²) >= 11 is 0. The smallest absolute Gasteiger partial charge is 0.260 e. The minimum Gasteiger partial charge on any atom is -0.477 e. The van der Waals surface area contributed by atoms with Gasteiger partial charge >= 0.3 is 0 Å². The Morgan fingerprint density at radius 1 is 1.28 bits per heavy atom. The van der Waals surface area contributed by atoms with Crippen LogP contribution in [-0.2, 0) is 16.1 Å². The molecule has 0 bridgehead atoms. The highest BCUT2D eigenvalue weighted by molar-refractivity contribution is 5.98. The van der Waals surface area contributed by atoms with Crippen LogP contribution in [-0.4, -0.2) is 42.5 Å². The first kappa shape index (κ1) is 17.0. The van der Waals surface area contributed by atoms with Gasteiger partial charge in [-0.3, -0.25) is 14.5 Å². The SMILES string of the molecule is CCN(CC(=O)N1C[C@@H](C(N)=O)Oc2ccccc21)Cc1ccco1. The molecule has 1 aliphatic heterocycles. The number of furan rings is 1. The van der Waals surface area contributed by atoms with Crippen molar-refractivity contribution in [1.82, 2.24) is 4.90 Å². The van der Waals surface area contributed by atoms with Crippen LogP contribution < -0.4 is 15.4 Å². The van der Waals surface area contributed by atoms with Gasteiger partial charge in [0.1, 0.15) is 11.5 Å². The first-order valence-corrected chi connectivity index (χ1v) is 8.18. The van der Waals surface area contributed by atoms with Gasteiger partial charge in [0.2, 0.25) is 5.91 Å². The van der Waals surface area contributed by atoms with E-state index in [4.69, 9.17) is 14.9 Å². The lowest BCUT2D eigenvalue weighted by molar-refractivity contribution is -0.125. The molecule has 2 aromatic rings. The fourth-order valence-corrected chi connectivity index (χ4v) is 2.80. The van der Waals surface area contributed by atoms with E-state index in [9.17, 15) is 9.59 Å². The summed E-state index contributed by atoms with van der Waals surface area (Å²) in [6.07, 6.45) is 0.764. The number of carbonyl (C=O) groups excluding carboxylic acids is 2. The van der Waals surface area contributed by atoms with Gasteiger partial charge in [0, 0.05) is 0 Å². The predicted octanol–water partition coefficient (Wildman–Crippen LogP) is 1.38. The van der Waals surface area contributed by atoms with E-state index in [1.807, 2.05) is 30.0 Å². The number of ether oxygens (including phenoxy) is 1. The molecule has 1 atom stereocenters. The molecule has 0 aliphatic carbocycles. The van der Waals surface area contributed by atoms with E-state index in [1.54, 1.807) is 29.4 Å². The second-order valence-corrected chi connectivity index (χ2v) is 5.86. The third-order valence-electron chi connectivity index (χ3n) is 4.16. The highest BCUT2D eigenvalue weighted by atomic mass is 16.5. The number of rotatable bonds is 6. The zero-order valence-corrected chi connectivity index (χ0v) is 14.1. The molecule has 2 amide bonds. The van der Waals surface area contributed by atoms with Crippen LogP contribution in [0.2, 0.25) is 0 Å². The van der Waals surface area contributed by atoms with Crippen molar-refractivity contribution in [2.75, 3.05) is 24.5 Å². The van der Waals surface area contributed by atoms with Crippen LogP contribution in [0.3, 0.4) is 0 Å². The summed E-state index contributed by atoms with van der Waals surface area (Å²) in [5.74, 6) is 0.581. The number of nitrogens with two attached hydrogens (primary N) is 1. The standard InChI is InChI=1S/C18H21N3O4/c1-2-20(10-13-6-5-9-24-13)12-17(22)21-11-16(18(19)23)25-15-8-4-3-7-14(15)21/h3-9,16H,2,10-12H2,1H3,(H2,19,23)/t16-/m0/s1. The normalized spacial score (nSPS) is 16.4. The largest absolute Gasteiger partial charge is 0.477 e. The summed E-state index contributed by atoms with van der Waals surface area (Å²) in [6, 6.07) is 10.8. The van der Waals surface area contributed by atoms with E-state index < -0.39 is 12.0 Å². The number of primary amides is 1. The van der Waals surface area contributed by atoms with E-state index in [-0.39, 0.29) is 19.0 Å². The highest BCUT2D eigenvalue weighted by Crippen LogP contribution is 2.33. The van der Waals surface area contributed by atoms with Crippen molar-refractivity contribution >= 4 is 17.5 Å². The minimum atomic E-state index is -0.848. The first-order chi connectivity index (χ1) is 12.1. The molecule has 132 valence electrons. The molecule has 7 heteroatoms. The van der Waals surface area contributed by atoms with Gasteiger partial charge in [-0.05, 0) is 30.8 Å². The van der Waals surface area contributed by atoms with Crippen LogP contribution >= 0.6 is 0 Å². The van der Waals surface area contributed by atoms with Crippen molar-refractivity contribution in [2.45, 2.75) is 19.6 Å². The summed E-state index contributed by atoms with van der Waals surface area (Å²) in [5.41, 5.74) is 6.03. The summed E-state index contributed by atoms with van der Waals surface area (Å²) in [5, 5.41) is 0. The van der Waals surface area contributed by atoms with Gasteiger partial charge in [-0.15, -0.1) is 0 Å². The second-order valence-electron chi connectivity index (χ2n) is 5.86. The molecule has 2 N–H and O–H groups in total. The van der Waals surface area contributed by atoms with Crippen LogP contribution in [0.25, 0.3) is 0 Å². The molecule has 1 aromatic carbocycles. The summed E-state index contributed by atoms with van der Waals surface area (Å²) in [6.45, 7) is 3.54. The molecular weight excluding hydrogens is 322 g/mol. The Morgan fingerprint density at radius 2 is 2.08 bits per heavy atom. The third kappa shape index (κ3) is 3.83. The van der Waals surface area contributed by atoms with Gasteiger partial charge in [-0.1, -0.05) is 19.1 Å². The lowest BCUT2D eigenvalue weighted by atomic mass is 10.1. The topological polar surface area (TPSA) is 89.0 Å². The summed E-state index contributed by atoms with van der Waals surface area (Å²) in [4.78, 5) is 28.0. The minimum absolute atomic E-state index is 0.115. The van der Waals surface area contributed by atoms with Gasteiger partial charge in [0.15, 0.2) is 6.10 Å². The molecular formula is C18H21N3O4. The number of amides is 2. The second kappa shape index (κ2) is 7.40. The van der Waals surface area contributed by atoms with Gasteiger partial charge in [-0.25, -0.2) is 0 Å². The van der Waals surface area contributed by atoms with E-state index >= 15 is 0 Å². The van der Waals surface area contributed by atoms with Crippen molar-refractivity contribution in [3.05, 3.63) is 48.4 Å². The molecule has 0 spiro atoms. The molecule has 7 nitrogen and oxygen atoms in total. The molecule has 0 unspecified atom stereocenters. The lowest BCUT2D eigenvalue weighted by Crippen LogP contribution is -2.51. The van der Waals surface area contributed by atoms with E-state index in [0.717, 1.165) is 5.76 Å². The maximum absolute atomic E-state index is 12.9. The van der Waals surface area contributed by atoms with Crippen molar-refractivity contribution in [2.24, 2.45) is 5.73 Å². The van der Waals surface area contributed by atoms with Crippen LogP contribution in [0.5, 0.6) is 5.75 Å². The first-order valence-electron chi connectivity index (χ1n) is 8.18. The number of benzene rings is 1. The Hall–Kier alpha value is -2.80. The quantitative estimate of drug-likeness (QED) is 0.856. The molecule has 0 saturated carbocycles. The maximum atomic E-state index is 12.9. The third-order valence-corrected chi connectivity index (χ3v) is 4.16. The zero-order valence-electron chi connectivity index (χ0n) is 14.1. The van der Waals surface area contributed by atoms with Crippen LogP contribution in [0, 0.1) is 0 Å². The molecule has 25 heavy (non-hydrogen) atoms. The monoisotopic (exact) mass is 343 g/mol. The molecule has 1 aromatic heterocycles. The van der Waals surface area contributed by atoms with Crippen molar-refractivity contribution in [1.29, 1.82) is 0 Å². The number of hydrogen-bond donors (Lipinski definition) is 1. The van der Waals surface area contributed by atoms with Gasteiger partial charge < -0.3 is 19.8 Å². The molecule has 0 saturated heterocycles. The van der Waals surface area contributed by atoms with Gasteiger partial charge in [0.05, 0.1) is 31.6 Å². The molecule has 0 fully saturated rings. The maximum Gasteiger partial charge on any atom is 0.260 e. The van der Waals surface area contributed by atoms with Crippen molar-refractivity contribution in [3.63, 3.8) is 0 Å². The molecule has 1 aliphatic rings. The highest BCUT2D eigenvalue weighted by Gasteiger charge is 2.33. The Kier molecular flexibility index (Phi) is 5.04. The summed E-state index contributed by atoms with van der Waals surface area (Å²) in [7, 11) is 0. The zero-order chi connectivity index (χ0) is 17.8. The van der Waals surface area contributed by atoms with Crippen molar-refractivity contribution in [3.8, 4) is 5.75 Å². The van der Waals surface area contributed by atoms with E-state index in [0.29, 0.717) is 24.5 Å². The number of likely N-dealkylation sites (N-methyl/N-ethyl adjacent to an activating group) is 1. The van der Waals surface area contributed by atoms with Gasteiger partial charge in [-0.2, -0.15) is 0 Å². The summed E-state index contributed by atoms with van der Waals surface area (Å²) < 4.78 is 10.9. The lowest BCUT2D eigenvalue weighted by Gasteiger charge is -2.34. The van der Waals surface area contributed by atoms with Crippen LogP contribution in [0.1, 0.15) is 12.7 Å². The molecule has 2 heterocycles. The fraction of sp³-hybridized carbons (Fsp3) is 0.333. The van der Waals surface area contributed by atoms with Crippen LogP contribution in [0.15, 0.2) is 47.1 Å². The number of nitrogens with zero attached hydrogens (tertiary/aromatic N) is 2. The number of fused-ring (bicyclic) bond motifs is 1. The predicted molar refractivity (Wildman–Crippen MR) is 92.1 cm³/mol. The Labute approximate surface area is 145 Å². The van der Waals surface area contributed by atoms with Gasteiger partial charge in [0.25, 0.3) is 5.91 Å². The molecule has 3 rings (SSSR count).